The predicted molar refractivity (Wildman–Crippen MR) is 111 cm³/mol. The van der Waals surface area contributed by atoms with E-state index in [1.54, 1.807) is 13.1 Å². The fourth-order valence-electron chi connectivity index (χ4n) is 3.38. The van der Waals surface area contributed by atoms with E-state index >= 15 is 0 Å². The fourth-order valence-corrected chi connectivity index (χ4v) is 3.38. The summed E-state index contributed by atoms with van der Waals surface area (Å²) in [5, 5.41) is 3.89. The van der Waals surface area contributed by atoms with Crippen molar-refractivity contribution in [2.24, 2.45) is 17.0 Å². The molecule has 1 heterocycles. The average Bonchev–Trinajstić information content (AvgIpc) is 3.44. The second kappa shape index (κ2) is 8.90. The number of hydrazine groups is 1. The molecule has 5 N–H and O–H groups in total. The molecule has 8 heteroatoms. The number of hydrogen-bond donors (Lipinski definition) is 3. The van der Waals surface area contributed by atoms with Gasteiger partial charge in [-0.15, -0.1) is 0 Å². The van der Waals surface area contributed by atoms with Crippen molar-refractivity contribution >= 4 is 11.8 Å². The molecule has 2 saturated carbocycles. The molecule has 0 aliphatic heterocycles. The summed E-state index contributed by atoms with van der Waals surface area (Å²) < 4.78 is 11.4. The molecule has 2 aliphatic rings. The average molecular weight is 404 g/mol. The predicted octanol–water partition coefficient (Wildman–Crippen LogP) is 3.02. The molecule has 0 unspecified atom stereocenters. The number of hydrogen-bond acceptors (Lipinski definition) is 7. The van der Waals surface area contributed by atoms with Gasteiger partial charge in [-0.2, -0.15) is 0 Å². The first-order valence-corrected chi connectivity index (χ1v) is 10.3. The molecule has 0 bridgehead atoms. The van der Waals surface area contributed by atoms with Crippen LogP contribution in [0.2, 0.25) is 0 Å². The number of nitrogens with zero attached hydrogens (tertiary/aromatic N) is 2. The highest BCUT2D eigenvalue weighted by Crippen LogP contribution is 2.44. The van der Waals surface area contributed by atoms with Gasteiger partial charge in [0.25, 0.3) is 0 Å². The van der Waals surface area contributed by atoms with Crippen molar-refractivity contribution in [2.75, 3.05) is 13.7 Å². The van der Waals surface area contributed by atoms with E-state index in [1.165, 1.54) is 24.3 Å². The molecule has 3 rings (SSSR count). The Kier molecular flexibility index (Phi) is 6.52. The van der Waals surface area contributed by atoms with E-state index in [1.807, 2.05) is 13.0 Å². The van der Waals surface area contributed by atoms with Crippen LogP contribution in [0.25, 0.3) is 5.70 Å². The van der Waals surface area contributed by atoms with Crippen LogP contribution in [-0.2, 0) is 4.74 Å². The molecular weight excluding hydrogens is 370 g/mol. The third kappa shape index (κ3) is 5.76. The number of aryl methyl sites for hydroxylation is 1. The van der Waals surface area contributed by atoms with E-state index < -0.39 is 6.09 Å². The minimum Gasteiger partial charge on any atom is -0.489 e. The highest BCUT2D eigenvalue weighted by Gasteiger charge is 2.38. The molecule has 2 fully saturated rings. The number of nitrogens with one attached hydrogen (secondary N) is 1. The van der Waals surface area contributed by atoms with Gasteiger partial charge in [-0.1, -0.05) is 13.3 Å². The van der Waals surface area contributed by atoms with Crippen molar-refractivity contribution in [3.05, 3.63) is 29.3 Å². The van der Waals surface area contributed by atoms with Gasteiger partial charge in [0.15, 0.2) is 5.82 Å². The highest BCUT2D eigenvalue weighted by molar-refractivity contribution is 5.74. The van der Waals surface area contributed by atoms with E-state index in [4.69, 9.17) is 21.1 Å². The first kappa shape index (κ1) is 21.2. The first-order valence-electron chi connectivity index (χ1n) is 10.3. The Bertz CT molecular complexity index is 768. The molecule has 1 aromatic rings. The SMILES string of the molecule is Cc1nc(/C(N)=C(\NC(=O)OCC2(C)CC2)N(C)N)ccc1OC1CCCCC1. The first-order chi connectivity index (χ1) is 13.8. The van der Waals surface area contributed by atoms with Crippen LogP contribution in [0.4, 0.5) is 4.79 Å². The van der Waals surface area contributed by atoms with E-state index in [0.717, 1.165) is 37.1 Å². The van der Waals surface area contributed by atoms with Crippen molar-refractivity contribution in [2.45, 2.75) is 64.9 Å². The van der Waals surface area contributed by atoms with Crippen LogP contribution in [0.1, 0.15) is 63.3 Å². The van der Waals surface area contributed by atoms with Crippen LogP contribution in [0.3, 0.4) is 0 Å². The minimum atomic E-state index is -0.581. The number of amides is 1. The van der Waals surface area contributed by atoms with E-state index in [9.17, 15) is 4.79 Å². The molecule has 1 amide bonds. The Balaban J connectivity index is 1.70. The molecule has 2 aliphatic carbocycles. The summed E-state index contributed by atoms with van der Waals surface area (Å²) in [7, 11) is 1.60. The minimum absolute atomic E-state index is 0.105. The second-order valence-electron chi connectivity index (χ2n) is 8.54. The Morgan fingerprint density at radius 2 is 2.00 bits per heavy atom. The van der Waals surface area contributed by atoms with Crippen molar-refractivity contribution in [3.8, 4) is 5.75 Å². The Hall–Kier alpha value is -2.48. The molecule has 0 saturated heterocycles. The third-order valence-corrected chi connectivity index (χ3v) is 5.64. The van der Waals surface area contributed by atoms with Crippen LogP contribution < -0.4 is 21.6 Å². The molecular formula is C21H33N5O3. The van der Waals surface area contributed by atoms with E-state index in [-0.39, 0.29) is 23.0 Å². The number of ether oxygens (including phenoxy) is 2. The fraction of sp³-hybridized carbons (Fsp3) is 0.619. The van der Waals surface area contributed by atoms with E-state index in [2.05, 4.69) is 17.2 Å². The van der Waals surface area contributed by atoms with Crippen LogP contribution in [0, 0.1) is 12.3 Å². The zero-order valence-corrected chi connectivity index (χ0v) is 17.7. The quantitative estimate of drug-likeness (QED) is 0.473. The number of aromatic nitrogens is 1. The molecule has 0 atom stereocenters. The van der Waals surface area contributed by atoms with E-state index in [0.29, 0.717) is 12.3 Å². The Morgan fingerprint density at radius 3 is 2.59 bits per heavy atom. The summed E-state index contributed by atoms with van der Waals surface area (Å²) in [6.07, 6.45) is 7.66. The van der Waals surface area contributed by atoms with Crippen molar-refractivity contribution < 1.29 is 14.3 Å². The maximum atomic E-state index is 12.2. The number of carbonyl (C=O) groups excluding carboxylic acids is 1. The van der Waals surface area contributed by atoms with Gasteiger partial charge in [0.05, 0.1) is 24.1 Å². The van der Waals surface area contributed by atoms with Crippen molar-refractivity contribution in [1.29, 1.82) is 0 Å². The topological polar surface area (TPSA) is 116 Å². The third-order valence-electron chi connectivity index (χ3n) is 5.64. The van der Waals surface area contributed by atoms with Gasteiger partial charge >= 0.3 is 6.09 Å². The van der Waals surface area contributed by atoms with Gasteiger partial charge in [0.1, 0.15) is 11.4 Å². The zero-order chi connectivity index (χ0) is 21.0. The largest absolute Gasteiger partial charge is 0.489 e. The lowest BCUT2D eigenvalue weighted by molar-refractivity contribution is 0.124. The van der Waals surface area contributed by atoms with Gasteiger partial charge in [0.2, 0.25) is 0 Å². The van der Waals surface area contributed by atoms with Crippen LogP contribution in [-0.4, -0.2) is 35.8 Å². The van der Waals surface area contributed by atoms with Gasteiger partial charge in [-0.3, -0.25) is 10.3 Å². The van der Waals surface area contributed by atoms with Gasteiger partial charge in [0, 0.05) is 12.5 Å². The van der Waals surface area contributed by atoms with Crippen LogP contribution >= 0.6 is 0 Å². The second-order valence-corrected chi connectivity index (χ2v) is 8.54. The smallest absolute Gasteiger partial charge is 0.412 e. The maximum absolute atomic E-state index is 12.2. The van der Waals surface area contributed by atoms with Gasteiger partial charge in [-0.05, 0) is 57.6 Å². The Morgan fingerprint density at radius 1 is 1.31 bits per heavy atom. The van der Waals surface area contributed by atoms with Crippen molar-refractivity contribution in [3.63, 3.8) is 0 Å². The summed E-state index contributed by atoms with van der Waals surface area (Å²) in [5.74, 6) is 6.89. The molecule has 160 valence electrons. The lowest BCUT2D eigenvalue weighted by atomic mass is 9.98. The summed E-state index contributed by atoms with van der Waals surface area (Å²) >= 11 is 0. The standard InChI is InChI=1S/C21H33N5O3/c1-14-17(29-15-7-5-4-6-8-15)10-9-16(24-14)18(22)19(26(3)23)25-20(27)28-13-21(2)11-12-21/h9-10,15H,4-8,11-13,22-23H2,1-3H3,(H,25,27)/b19-18-. The Labute approximate surface area is 172 Å². The number of carbonyl (C=O) groups is 1. The molecule has 1 aromatic heterocycles. The molecule has 0 radical (unpaired) electrons. The molecule has 29 heavy (non-hydrogen) atoms. The maximum Gasteiger partial charge on any atom is 0.412 e. The highest BCUT2D eigenvalue weighted by atomic mass is 16.5. The number of nitrogens with two attached hydrogens (primary N) is 2. The van der Waals surface area contributed by atoms with Crippen LogP contribution in [0.5, 0.6) is 5.75 Å². The monoisotopic (exact) mass is 403 g/mol. The number of pyridine rings is 1. The van der Waals surface area contributed by atoms with Crippen LogP contribution in [0.15, 0.2) is 18.0 Å². The molecule has 0 aromatic carbocycles. The number of alkyl carbamates (subject to hydrolysis) is 1. The zero-order valence-electron chi connectivity index (χ0n) is 17.7. The lowest BCUT2D eigenvalue weighted by Gasteiger charge is -2.24. The van der Waals surface area contributed by atoms with Crippen molar-refractivity contribution in [1.82, 2.24) is 15.3 Å². The molecule has 8 nitrogen and oxygen atoms in total. The van der Waals surface area contributed by atoms with Gasteiger partial charge in [-0.25, -0.2) is 15.6 Å². The molecule has 0 spiro atoms. The summed E-state index contributed by atoms with van der Waals surface area (Å²) in [4.78, 5) is 16.7. The lowest BCUT2D eigenvalue weighted by Crippen LogP contribution is -2.39. The normalized spacial score (nSPS) is 19.2. The van der Waals surface area contributed by atoms with Gasteiger partial charge < -0.3 is 15.2 Å². The summed E-state index contributed by atoms with van der Waals surface area (Å²) in [6, 6.07) is 3.65. The summed E-state index contributed by atoms with van der Waals surface area (Å²) in [6.45, 7) is 4.35. The summed E-state index contributed by atoms with van der Waals surface area (Å²) in [5.41, 5.74) is 7.90. The number of rotatable bonds is 7.